The molecule has 0 aromatic heterocycles. The molecule has 0 aliphatic heterocycles. The quantitative estimate of drug-likeness (QED) is 0.560. The molecule has 0 aromatic rings. The van der Waals surface area contributed by atoms with E-state index < -0.39 is 11.9 Å². The van der Waals surface area contributed by atoms with Gasteiger partial charge in [-0.15, -0.1) is 0 Å². The number of carboxylic acids is 1. The number of ether oxygens (including phenoxy) is 1. The second-order valence-electron chi connectivity index (χ2n) is 4.01. The molecule has 0 saturated heterocycles. The van der Waals surface area contributed by atoms with Crippen molar-refractivity contribution in [3.05, 3.63) is 12.3 Å². The average molecular weight is 227 g/mol. The lowest BCUT2D eigenvalue weighted by atomic mass is 9.93. The van der Waals surface area contributed by atoms with E-state index in [1.165, 1.54) is 7.11 Å². The standard InChI is InChI=1S/C12H21NO3/c1-6-7-10(16-5)13-9(4)11(8(2)3)12(14)15/h8,11H,4,6-7H2,1-3,5H3,(H,14,15). The number of carbonyl (C=O) groups is 1. The summed E-state index contributed by atoms with van der Waals surface area (Å²) in [5.41, 5.74) is 0.354. The van der Waals surface area contributed by atoms with Gasteiger partial charge in [0.15, 0.2) is 5.90 Å². The molecule has 0 bridgehead atoms. The molecule has 1 unspecified atom stereocenters. The van der Waals surface area contributed by atoms with Crippen LogP contribution in [0.1, 0.15) is 33.6 Å². The molecular formula is C12H21NO3. The lowest BCUT2D eigenvalue weighted by Crippen LogP contribution is -2.21. The summed E-state index contributed by atoms with van der Waals surface area (Å²) in [6, 6.07) is 0. The van der Waals surface area contributed by atoms with E-state index in [2.05, 4.69) is 11.6 Å². The first-order valence-electron chi connectivity index (χ1n) is 5.47. The molecule has 0 aromatic carbocycles. The Morgan fingerprint density at radius 3 is 2.38 bits per heavy atom. The third-order valence-corrected chi connectivity index (χ3v) is 2.26. The average Bonchev–Trinajstić information content (AvgIpc) is 2.15. The Hall–Kier alpha value is -1.32. The Balaban J connectivity index is 4.80. The van der Waals surface area contributed by atoms with Crippen molar-refractivity contribution in [3.63, 3.8) is 0 Å². The highest BCUT2D eigenvalue weighted by atomic mass is 16.5. The first-order chi connectivity index (χ1) is 7.43. The number of hydrogen-bond donors (Lipinski definition) is 1. The number of nitrogens with zero attached hydrogens (tertiary/aromatic N) is 1. The summed E-state index contributed by atoms with van der Waals surface area (Å²) < 4.78 is 5.07. The largest absolute Gasteiger partial charge is 0.484 e. The van der Waals surface area contributed by atoms with Crippen LogP contribution in [0.3, 0.4) is 0 Å². The number of aliphatic carboxylic acids is 1. The monoisotopic (exact) mass is 227 g/mol. The van der Waals surface area contributed by atoms with Crippen molar-refractivity contribution in [2.45, 2.75) is 33.6 Å². The number of hydrogen-bond acceptors (Lipinski definition) is 3. The van der Waals surface area contributed by atoms with Gasteiger partial charge in [0.05, 0.1) is 12.8 Å². The molecule has 1 atom stereocenters. The van der Waals surface area contributed by atoms with Gasteiger partial charge in [0.1, 0.15) is 5.92 Å². The van der Waals surface area contributed by atoms with Crippen LogP contribution in [0.4, 0.5) is 0 Å². The molecule has 0 fully saturated rings. The lowest BCUT2D eigenvalue weighted by molar-refractivity contribution is -0.141. The second-order valence-corrected chi connectivity index (χ2v) is 4.01. The smallest absolute Gasteiger partial charge is 0.312 e. The highest BCUT2D eigenvalue weighted by Gasteiger charge is 2.24. The van der Waals surface area contributed by atoms with Gasteiger partial charge in [-0.05, 0) is 12.3 Å². The maximum absolute atomic E-state index is 11.0. The van der Waals surface area contributed by atoms with Crippen molar-refractivity contribution in [3.8, 4) is 0 Å². The van der Waals surface area contributed by atoms with Crippen molar-refractivity contribution >= 4 is 11.9 Å². The summed E-state index contributed by atoms with van der Waals surface area (Å²) in [4.78, 5) is 15.2. The van der Waals surface area contributed by atoms with Gasteiger partial charge in [-0.25, -0.2) is 4.99 Å². The van der Waals surface area contributed by atoms with Crippen LogP contribution in [0, 0.1) is 11.8 Å². The summed E-state index contributed by atoms with van der Waals surface area (Å²) in [6.07, 6.45) is 1.60. The van der Waals surface area contributed by atoms with E-state index in [9.17, 15) is 4.79 Å². The van der Waals surface area contributed by atoms with E-state index in [0.717, 1.165) is 6.42 Å². The Labute approximate surface area is 97.0 Å². The minimum Gasteiger partial charge on any atom is -0.484 e. The fraction of sp³-hybridized carbons (Fsp3) is 0.667. The maximum Gasteiger partial charge on any atom is 0.312 e. The molecule has 92 valence electrons. The zero-order chi connectivity index (χ0) is 12.7. The van der Waals surface area contributed by atoms with Crippen LogP contribution in [-0.2, 0) is 9.53 Å². The normalized spacial score (nSPS) is 13.7. The highest BCUT2D eigenvalue weighted by molar-refractivity contribution is 5.79. The fourth-order valence-electron chi connectivity index (χ4n) is 1.46. The van der Waals surface area contributed by atoms with Crippen LogP contribution in [0.15, 0.2) is 17.3 Å². The summed E-state index contributed by atoms with van der Waals surface area (Å²) >= 11 is 0. The number of rotatable bonds is 6. The SMILES string of the molecule is C=C(N=C(CCC)OC)C(C(=O)O)C(C)C. The zero-order valence-corrected chi connectivity index (χ0v) is 10.5. The van der Waals surface area contributed by atoms with Crippen LogP contribution >= 0.6 is 0 Å². The molecule has 0 rings (SSSR count). The van der Waals surface area contributed by atoms with Crippen molar-refractivity contribution in [1.29, 1.82) is 0 Å². The van der Waals surface area contributed by atoms with Gasteiger partial charge in [0.25, 0.3) is 0 Å². The zero-order valence-electron chi connectivity index (χ0n) is 10.5. The molecule has 0 amide bonds. The van der Waals surface area contributed by atoms with E-state index in [4.69, 9.17) is 9.84 Å². The van der Waals surface area contributed by atoms with E-state index in [0.29, 0.717) is 18.0 Å². The van der Waals surface area contributed by atoms with Crippen LogP contribution < -0.4 is 0 Å². The Morgan fingerprint density at radius 2 is 2.06 bits per heavy atom. The molecule has 4 nitrogen and oxygen atoms in total. The predicted octanol–water partition coefficient (Wildman–Crippen LogP) is 2.70. The molecule has 0 aliphatic carbocycles. The molecule has 0 saturated carbocycles. The van der Waals surface area contributed by atoms with Gasteiger partial charge in [-0.1, -0.05) is 27.4 Å². The Morgan fingerprint density at radius 1 is 1.50 bits per heavy atom. The molecule has 1 N–H and O–H groups in total. The molecule has 0 heterocycles. The molecule has 16 heavy (non-hydrogen) atoms. The minimum atomic E-state index is -0.893. The minimum absolute atomic E-state index is 0.0338. The molecule has 0 radical (unpaired) electrons. The van der Waals surface area contributed by atoms with Crippen molar-refractivity contribution in [2.24, 2.45) is 16.8 Å². The number of carboxylic acid groups (broad SMARTS) is 1. The molecule has 0 spiro atoms. The molecule has 0 aliphatic rings. The van der Waals surface area contributed by atoms with Crippen molar-refractivity contribution < 1.29 is 14.6 Å². The van der Waals surface area contributed by atoms with Gasteiger partial charge in [0.2, 0.25) is 0 Å². The van der Waals surface area contributed by atoms with Gasteiger partial charge >= 0.3 is 5.97 Å². The van der Waals surface area contributed by atoms with Crippen LogP contribution in [0.25, 0.3) is 0 Å². The van der Waals surface area contributed by atoms with Crippen LogP contribution in [0.2, 0.25) is 0 Å². The van der Waals surface area contributed by atoms with Crippen LogP contribution in [-0.4, -0.2) is 24.1 Å². The maximum atomic E-state index is 11.0. The van der Waals surface area contributed by atoms with E-state index in [-0.39, 0.29) is 5.92 Å². The molecule has 4 heteroatoms. The summed E-state index contributed by atoms with van der Waals surface area (Å²) in [5.74, 6) is -1.04. The summed E-state index contributed by atoms with van der Waals surface area (Å²) in [5, 5.41) is 9.06. The highest BCUT2D eigenvalue weighted by Crippen LogP contribution is 2.21. The lowest BCUT2D eigenvalue weighted by Gasteiger charge is -2.16. The van der Waals surface area contributed by atoms with E-state index in [1.807, 2.05) is 20.8 Å². The number of aliphatic imine (C=N–C) groups is 1. The third kappa shape index (κ3) is 4.47. The van der Waals surface area contributed by atoms with Crippen molar-refractivity contribution in [1.82, 2.24) is 0 Å². The van der Waals surface area contributed by atoms with E-state index in [1.54, 1.807) is 0 Å². The first kappa shape index (κ1) is 14.7. The van der Waals surface area contributed by atoms with Gasteiger partial charge < -0.3 is 9.84 Å². The van der Waals surface area contributed by atoms with Gasteiger partial charge in [-0.2, -0.15) is 0 Å². The van der Waals surface area contributed by atoms with Gasteiger partial charge in [0, 0.05) is 6.42 Å². The Kier molecular flexibility index (Phi) is 6.46. The topological polar surface area (TPSA) is 58.9 Å². The van der Waals surface area contributed by atoms with Crippen LogP contribution in [0.5, 0.6) is 0 Å². The predicted molar refractivity (Wildman–Crippen MR) is 64.5 cm³/mol. The third-order valence-electron chi connectivity index (χ3n) is 2.26. The fourth-order valence-corrected chi connectivity index (χ4v) is 1.46. The number of methoxy groups -OCH3 is 1. The summed E-state index contributed by atoms with van der Waals surface area (Å²) in [7, 11) is 1.53. The summed E-state index contributed by atoms with van der Waals surface area (Å²) in [6.45, 7) is 9.41. The Bertz CT molecular complexity index is 282. The van der Waals surface area contributed by atoms with E-state index >= 15 is 0 Å². The van der Waals surface area contributed by atoms with Crippen molar-refractivity contribution in [2.75, 3.05) is 7.11 Å². The van der Waals surface area contributed by atoms with Gasteiger partial charge in [-0.3, -0.25) is 4.79 Å². The molecular weight excluding hydrogens is 206 g/mol. The first-order valence-corrected chi connectivity index (χ1v) is 5.47. The second kappa shape index (κ2) is 7.04.